The van der Waals surface area contributed by atoms with Gasteiger partial charge in [0, 0.05) is 31.2 Å². The standard InChI is InChI=1S/C29H28F2N6O4S/c1-5-24(38)35-13-14-36(18(3)16-35)27-20-15-22(31)25(19-10-6-7-11-21(19)30)33-28(20)37(29(39)34-27)26-17(2)9-8-12-23(26)42(40,41)32-4/h5-12,15,18,32H,1,13-14,16H2,2-4H3/t18-/m0/s1. The van der Waals surface area contributed by atoms with Gasteiger partial charge in [-0.15, -0.1) is 0 Å². The Morgan fingerprint density at radius 3 is 2.50 bits per heavy atom. The lowest BCUT2D eigenvalue weighted by Gasteiger charge is -2.40. The Balaban J connectivity index is 1.85. The van der Waals surface area contributed by atoms with Crippen molar-refractivity contribution in [3.8, 4) is 16.9 Å². The summed E-state index contributed by atoms with van der Waals surface area (Å²) in [5.74, 6) is -1.71. The number of carbonyl (C=O) groups excluding carboxylic acids is 1. The van der Waals surface area contributed by atoms with Gasteiger partial charge in [0.15, 0.2) is 5.65 Å². The van der Waals surface area contributed by atoms with Crippen LogP contribution in [0.4, 0.5) is 14.6 Å². The summed E-state index contributed by atoms with van der Waals surface area (Å²) in [7, 11) is -2.83. The Bertz CT molecular complexity index is 1910. The highest BCUT2D eigenvalue weighted by Gasteiger charge is 2.31. The van der Waals surface area contributed by atoms with Crippen molar-refractivity contribution in [2.45, 2.75) is 24.8 Å². The minimum absolute atomic E-state index is 0.0195. The number of halogens is 2. The van der Waals surface area contributed by atoms with E-state index in [9.17, 15) is 22.4 Å². The zero-order valence-corrected chi connectivity index (χ0v) is 24.0. The number of piperazine rings is 1. The molecule has 3 heterocycles. The van der Waals surface area contributed by atoms with Crippen LogP contribution in [0.5, 0.6) is 0 Å². The number of nitrogens with zero attached hydrogens (tertiary/aromatic N) is 5. The number of fused-ring (bicyclic) bond motifs is 1. The van der Waals surface area contributed by atoms with Gasteiger partial charge >= 0.3 is 5.69 Å². The lowest BCUT2D eigenvalue weighted by Crippen LogP contribution is -2.54. The zero-order chi connectivity index (χ0) is 30.3. The van der Waals surface area contributed by atoms with Crippen molar-refractivity contribution in [1.29, 1.82) is 0 Å². The molecule has 1 fully saturated rings. The van der Waals surface area contributed by atoms with Gasteiger partial charge < -0.3 is 9.80 Å². The summed E-state index contributed by atoms with van der Waals surface area (Å²) in [6.45, 7) is 7.85. The minimum Gasteiger partial charge on any atom is -0.350 e. The van der Waals surface area contributed by atoms with E-state index < -0.39 is 27.3 Å². The average Bonchev–Trinajstić information content (AvgIpc) is 2.97. The number of nitrogens with one attached hydrogen (secondary N) is 1. The molecule has 1 amide bonds. The third-order valence-electron chi connectivity index (χ3n) is 7.30. The maximum atomic E-state index is 15.7. The quantitative estimate of drug-likeness (QED) is 0.341. The lowest BCUT2D eigenvalue weighted by atomic mass is 10.1. The molecular weight excluding hydrogens is 566 g/mol. The largest absolute Gasteiger partial charge is 0.355 e. The van der Waals surface area contributed by atoms with Crippen molar-refractivity contribution in [3.63, 3.8) is 0 Å². The molecule has 0 aliphatic carbocycles. The maximum absolute atomic E-state index is 15.7. The number of aryl methyl sites for hydroxylation is 1. The van der Waals surface area contributed by atoms with E-state index in [1.807, 2.05) is 6.92 Å². The predicted octanol–water partition coefficient (Wildman–Crippen LogP) is 3.17. The normalized spacial score (nSPS) is 15.7. The number of anilines is 1. The van der Waals surface area contributed by atoms with Gasteiger partial charge in [-0.25, -0.2) is 36.3 Å². The minimum atomic E-state index is -4.07. The summed E-state index contributed by atoms with van der Waals surface area (Å²) in [4.78, 5) is 38.0. The van der Waals surface area contributed by atoms with Crippen LogP contribution in [0.25, 0.3) is 28.0 Å². The highest BCUT2D eigenvalue weighted by atomic mass is 32.2. The van der Waals surface area contributed by atoms with E-state index in [1.54, 1.807) is 22.8 Å². The van der Waals surface area contributed by atoms with Crippen LogP contribution in [0, 0.1) is 18.6 Å². The number of hydrogen-bond donors (Lipinski definition) is 1. The fraction of sp³-hybridized carbons (Fsp3) is 0.241. The van der Waals surface area contributed by atoms with Gasteiger partial charge in [-0.1, -0.05) is 30.8 Å². The van der Waals surface area contributed by atoms with E-state index in [-0.39, 0.29) is 57.2 Å². The highest BCUT2D eigenvalue weighted by Crippen LogP contribution is 2.34. The van der Waals surface area contributed by atoms with Crippen molar-refractivity contribution < 1.29 is 22.0 Å². The number of sulfonamides is 1. The molecule has 1 aliphatic heterocycles. The van der Waals surface area contributed by atoms with Gasteiger partial charge in [-0.05, 0) is 56.8 Å². The molecule has 42 heavy (non-hydrogen) atoms. The molecule has 2 aromatic heterocycles. The van der Waals surface area contributed by atoms with Gasteiger partial charge in [0.1, 0.15) is 28.0 Å². The number of rotatable bonds is 6. The first kappa shape index (κ1) is 29.0. The van der Waals surface area contributed by atoms with E-state index in [0.717, 1.165) is 16.7 Å². The van der Waals surface area contributed by atoms with Crippen molar-refractivity contribution in [2.24, 2.45) is 0 Å². The van der Waals surface area contributed by atoms with E-state index in [4.69, 9.17) is 0 Å². The van der Waals surface area contributed by atoms with Gasteiger partial charge in [0.05, 0.1) is 11.1 Å². The first-order valence-corrected chi connectivity index (χ1v) is 14.6. The van der Waals surface area contributed by atoms with Crippen LogP contribution in [0.15, 0.2) is 70.9 Å². The first-order valence-electron chi connectivity index (χ1n) is 13.1. The molecule has 1 N–H and O–H groups in total. The average molecular weight is 595 g/mol. The molecule has 0 saturated carbocycles. The molecule has 0 unspecified atom stereocenters. The Labute approximate surface area is 241 Å². The van der Waals surface area contributed by atoms with Crippen LogP contribution < -0.4 is 15.3 Å². The Hall–Kier alpha value is -4.49. The molecule has 2 aromatic carbocycles. The molecule has 4 aromatic rings. The summed E-state index contributed by atoms with van der Waals surface area (Å²) in [6, 6.07) is 10.8. The van der Waals surface area contributed by atoms with Gasteiger partial charge in [0.25, 0.3) is 0 Å². The number of aromatic nitrogens is 3. The van der Waals surface area contributed by atoms with E-state index in [0.29, 0.717) is 18.7 Å². The lowest BCUT2D eigenvalue weighted by molar-refractivity contribution is -0.126. The first-order chi connectivity index (χ1) is 20.0. The number of amides is 1. The maximum Gasteiger partial charge on any atom is 0.355 e. The summed E-state index contributed by atoms with van der Waals surface area (Å²) < 4.78 is 59.9. The Kier molecular flexibility index (Phi) is 7.64. The topological polar surface area (TPSA) is 118 Å². The number of para-hydroxylation sites is 1. The van der Waals surface area contributed by atoms with E-state index >= 15 is 4.39 Å². The van der Waals surface area contributed by atoms with Crippen LogP contribution in [-0.2, 0) is 14.8 Å². The second kappa shape index (κ2) is 11.1. The molecule has 218 valence electrons. The van der Waals surface area contributed by atoms with Crippen molar-refractivity contribution in [2.75, 3.05) is 31.6 Å². The number of benzene rings is 2. The second-order valence-electron chi connectivity index (χ2n) is 9.88. The Morgan fingerprint density at radius 2 is 1.83 bits per heavy atom. The summed E-state index contributed by atoms with van der Waals surface area (Å²) in [5, 5.41) is 0.110. The summed E-state index contributed by atoms with van der Waals surface area (Å²) in [5.41, 5.74) is -1.07. The van der Waals surface area contributed by atoms with Crippen LogP contribution in [0.1, 0.15) is 12.5 Å². The molecule has 5 rings (SSSR count). The smallest absolute Gasteiger partial charge is 0.350 e. The predicted molar refractivity (Wildman–Crippen MR) is 155 cm³/mol. The number of pyridine rings is 1. The zero-order valence-electron chi connectivity index (χ0n) is 23.1. The molecule has 13 heteroatoms. The summed E-state index contributed by atoms with van der Waals surface area (Å²) >= 11 is 0. The Morgan fingerprint density at radius 1 is 1.10 bits per heavy atom. The fourth-order valence-electron chi connectivity index (χ4n) is 5.22. The van der Waals surface area contributed by atoms with Gasteiger partial charge in [0.2, 0.25) is 15.9 Å². The molecule has 1 atom stereocenters. The second-order valence-corrected chi connectivity index (χ2v) is 11.7. The van der Waals surface area contributed by atoms with Crippen molar-refractivity contribution in [1.82, 2.24) is 24.2 Å². The monoisotopic (exact) mass is 594 g/mol. The fourth-order valence-corrected chi connectivity index (χ4v) is 6.20. The molecule has 0 spiro atoms. The molecule has 10 nitrogen and oxygen atoms in total. The van der Waals surface area contributed by atoms with E-state index in [1.165, 1.54) is 43.5 Å². The third-order valence-corrected chi connectivity index (χ3v) is 8.74. The van der Waals surface area contributed by atoms with Crippen LogP contribution >= 0.6 is 0 Å². The third kappa shape index (κ3) is 4.94. The highest BCUT2D eigenvalue weighted by molar-refractivity contribution is 7.89. The van der Waals surface area contributed by atoms with Crippen LogP contribution in [0.2, 0.25) is 0 Å². The summed E-state index contributed by atoms with van der Waals surface area (Å²) in [6.07, 6.45) is 1.22. The molecule has 1 saturated heterocycles. The van der Waals surface area contributed by atoms with Crippen LogP contribution in [0.3, 0.4) is 0 Å². The van der Waals surface area contributed by atoms with Gasteiger partial charge in [-0.2, -0.15) is 4.98 Å². The number of carbonyl (C=O) groups is 1. The molecular formula is C29H28F2N6O4S. The van der Waals surface area contributed by atoms with Gasteiger partial charge in [-0.3, -0.25) is 4.79 Å². The number of hydrogen-bond acceptors (Lipinski definition) is 7. The van der Waals surface area contributed by atoms with E-state index in [2.05, 4.69) is 21.3 Å². The van der Waals surface area contributed by atoms with Crippen molar-refractivity contribution >= 4 is 32.8 Å². The SMILES string of the molecule is C=CC(=O)N1CCN(c2nc(=O)n(-c3c(C)cccc3S(=O)(=O)NC)c3nc(-c4ccccc4F)c(F)cc23)[C@@H](C)C1. The van der Waals surface area contributed by atoms with Crippen LogP contribution in [-0.4, -0.2) is 66.5 Å². The molecule has 0 radical (unpaired) electrons. The molecule has 0 bridgehead atoms. The van der Waals surface area contributed by atoms with Crippen molar-refractivity contribution in [3.05, 3.63) is 88.9 Å². The molecule has 1 aliphatic rings.